The molecule has 0 radical (unpaired) electrons. The Hall–Kier alpha value is -1.96. The van der Waals surface area contributed by atoms with E-state index < -0.39 is 10.0 Å². The second-order valence-electron chi connectivity index (χ2n) is 5.82. The second kappa shape index (κ2) is 7.29. The van der Waals surface area contributed by atoms with E-state index in [1.54, 1.807) is 12.1 Å². The van der Waals surface area contributed by atoms with Crippen molar-refractivity contribution >= 4 is 15.8 Å². The van der Waals surface area contributed by atoms with Gasteiger partial charge in [-0.15, -0.1) is 0 Å². The van der Waals surface area contributed by atoms with Gasteiger partial charge in [-0.3, -0.25) is 9.69 Å². The molecule has 0 amide bonds. The number of hydrogen-bond acceptors (Lipinski definition) is 5. The van der Waals surface area contributed by atoms with E-state index in [4.69, 9.17) is 4.42 Å². The van der Waals surface area contributed by atoms with Gasteiger partial charge in [-0.1, -0.05) is 30.3 Å². The lowest BCUT2D eigenvalue weighted by Gasteiger charge is -2.33. The lowest BCUT2D eigenvalue weighted by Crippen LogP contribution is -2.50. The molecule has 1 saturated heterocycles. The molecule has 3 rings (SSSR count). The fourth-order valence-corrected chi connectivity index (χ4v) is 4.28. The van der Waals surface area contributed by atoms with E-state index in [0.29, 0.717) is 31.9 Å². The molecule has 1 aromatic carbocycles. The Bertz CT molecular complexity index is 764. The molecule has 0 atom stereocenters. The maximum absolute atomic E-state index is 12.5. The maximum atomic E-state index is 12.5. The van der Waals surface area contributed by atoms with Crippen molar-refractivity contribution in [2.45, 2.75) is 5.75 Å². The van der Waals surface area contributed by atoms with Crippen LogP contribution in [0.2, 0.25) is 0 Å². The fraction of sp³-hybridized carbons (Fsp3) is 0.353. The van der Waals surface area contributed by atoms with Gasteiger partial charge >= 0.3 is 0 Å². The summed E-state index contributed by atoms with van der Waals surface area (Å²) in [6.07, 6.45) is 1.47. The third kappa shape index (κ3) is 4.11. The van der Waals surface area contributed by atoms with E-state index in [1.807, 2.05) is 35.2 Å². The molecule has 1 aromatic heterocycles. The molecule has 6 nitrogen and oxygen atoms in total. The highest BCUT2D eigenvalue weighted by molar-refractivity contribution is 7.88. The first kappa shape index (κ1) is 16.9. The molecule has 0 unspecified atom stereocenters. The van der Waals surface area contributed by atoms with Crippen LogP contribution in [0.15, 0.2) is 53.1 Å². The molecule has 0 spiro atoms. The maximum Gasteiger partial charge on any atom is 0.218 e. The van der Waals surface area contributed by atoms with Gasteiger partial charge in [0.1, 0.15) is 0 Å². The highest BCUT2D eigenvalue weighted by Gasteiger charge is 2.28. The summed E-state index contributed by atoms with van der Waals surface area (Å²) < 4.78 is 31.6. The summed E-state index contributed by atoms with van der Waals surface area (Å²) in [6, 6.07) is 12.5. The molecular formula is C17H20N2O4S. The third-order valence-corrected chi connectivity index (χ3v) is 5.93. The van der Waals surface area contributed by atoms with E-state index >= 15 is 0 Å². The standard InChI is InChI=1S/C17H20N2O4S/c20-16(17-7-4-12-23-17)13-18-8-10-19(11-9-18)24(21,22)14-15-5-2-1-3-6-15/h1-7,12H,8-11,13-14H2. The number of furan rings is 1. The number of hydrogen-bond donors (Lipinski definition) is 0. The summed E-state index contributed by atoms with van der Waals surface area (Å²) in [6.45, 7) is 2.14. The Morgan fingerprint density at radius 2 is 1.71 bits per heavy atom. The normalized spacial score (nSPS) is 17.0. The summed E-state index contributed by atoms with van der Waals surface area (Å²) in [5.74, 6) is 0.272. The molecule has 1 aliphatic rings. The molecule has 24 heavy (non-hydrogen) atoms. The van der Waals surface area contributed by atoms with Crippen LogP contribution in [0.1, 0.15) is 16.1 Å². The SMILES string of the molecule is O=C(CN1CCN(S(=O)(=O)Cc2ccccc2)CC1)c1ccco1. The zero-order valence-electron chi connectivity index (χ0n) is 13.3. The van der Waals surface area contributed by atoms with Gasteiger partial charge in [-0.05, 0) is 17.7 Å². The van der Waals surface area contributed by atoms with Crippen molar-refractivity contribution in [2.75, 3.05) is 32.7 Å². The highest BCUT2D eigenvalue weighted by Crippen LogP contribution is 2.14. The number of carbonyl (C=O) groups excluding carboxylic acids is 1. The van der Waals surface area contributed by atoms with Crippen LogP contribution in [0.3, 0.4) is 0 Å². The Labute approximate surface area is 141 Å². The lowest BCUT2D eigenvalue weighted by molar-refractivity contribution is 0.0874. The third-order valence-electron chi connectivity index (χ3n) is 4.08. The molecule has 2 aromatic rings. The average Bonchev–Trinajstić information content (AvgIpc) is 3.10. The number of nitrogens with zero attached hydrogens (tertiary/aromatic N) is 2. The van der Waals surface area contributed by atoms with E-state index in [-0.39, 0.29) is 18.1 Å². The zero-order valence-corrected chi connectivity index (χ0v) is 14.1. The predicted molar refractivity (Wildman–Crippen MR) is 90.1 cm³/mol. The molecule has 0 saturated carbocycles. The monoisotopic (exact) mass is 348 g/mol. The van der Waals surface area contributed by atoms with Crippen LogP contribution in [-0.4, -0.2) is 56.1 Å². The molecule has 2 heterocycles. The van der Waals surface area contributed by atoms with Crippen LogP contribution in [0.25, 0.3) is 0 Å². The number of benzene rings is 1. The van der Waals surface area contributed by atoms with Gasteiger partial charge in [0, 0.05) is 26.2 Å². The minimum atomic E-state index is -3.33. The van der Waals surface area contributed by atoms with Crippen molar-refractivity contribution < 1.29 is 17.6 Å². The van der Waals surface area contributed by atoms with Crippen LogP contribution in [0, 0.1) is 0 Å². The topological polar surface area (TPSA) is 70.8 Å². The Kier molecular flexibility index (Phi) is 5.13. The predicted octanol–water partition coefficient (Wildman–Crippen LogP) is 1.61. The average molecular weight is 348 g/mol. The number of piperazine rings is 1. The number of carbonyl (C=O) groups is 1. The Balaban J connectivity index is 1.53. The first-order chi connectivity index (χ1) is 11.5. The number of Topliss-reactive ketones (excluding diaryl/α,β-unsaturated/α-hetero) is 1. The molecule has 0 aliphatic carbocycles. The molecular weight excluding hydrogens is 328 g/mol. The minimum absolute atomic E-state index is 0.0131. The summed E-state index contributed by atoms with van der Waals surface area (Å²) in [5.41, 5.74) is 0.785. The molecule has 1 aliphatic heterocycles. The van der Waals surface area contributed by atoms with Gasteiger partial charge in [0.2, 0.25) is 15.8 Å². The van der Waals surface area contributed by atoms with E-state index in [2.05, 4.69) is 0 Å². The highest BCUT2D eigenvalue weighted by atomic mass is 32.2. The first-order valence-electron chi connectivity index (χ1n) is 7.85. The van der Waals surface area contributed by atoms with Crippen molar-refractivity contribution in [1.29, 1.82) is 0 Å². The number of rotatable bonds is 6. The first-order valence-corrected chi connectivity index (χ1v) is 9.46. The number of sulfonamides is 1. The van der Waals surface area contributed by atoms with Crippen LogP contribution in [0.4, 0.5) is 0 Å². The van der Waals surface area contributed by atoms with E-state index in [1.165, 1.54) is 10.6 Å². The fourth-order valence-electron chi connectivity index (χ4n) is 2.76. The van der Waals surface area contributed by atoms with Gasteiger partial charge < -0.3 is 4.42 Å². The molecule has 0 N–H and O–H groups in total. The summed E-state index contributed by atoms with van der Waals surface area (Å²) in [4.78, 5) is 14.0. The van der Waals surface area contributed by atoms with Crippen molar-refractivity contribution in [3.63, 3.8) is 0 Å². The van der Waals surface area contributed by atoms with Gasteiger partial charge in [-0.2, -0.15) is 4.31 Å². The van der Waals surface area contributed by atoms with Crippen molar-refractivity contribution in [2.24, 2.45) is 0 Å². The van der Waals surface area contributed by atoms with Crippen LogP contribution < -0.4 is 0 Å². The van der Waals surface area contributed by atoms with Crippen molar-refractivity contribution in [1.82, 2.24) is 9.21 Å². The lowest BCUT2D eigenvalue weighted by atomic mass is 10.2. The molecule has 7 heteroatoms. The quantitative estimate of drug-likeness (QED) is 0.742. The molecule has 128 valence electrons. The van der Waals surface area contributed by atoms with Crippen LogP contribution >= 0.6 is 0 Å². The van der Waals surface area contributed by atoms with E-state index in [9.17, 15) is 13.2 Å². The summed E-state index contributed by atoms with van der Waals surface area (Å²) in [7, 11) is -3.33. The van der Waals surface area contributed by atoms with Gasteiger partial charge in [-0.25, -0.2) is 8.42 Å². The van der Waals surface area contributed by atoms with Crippen LogP contribution in [-0.2, 0) is 15.8 Å². The largest absolute Gasteiger partial charge is 0.461 e. The Morgan fingerprint density at radius 3 is 2.33 bits per heavy atom. The van der Waals surface area contributed by atoms with Crippen LogP contribution in [0.5, 0.6) is 0 Å². The Morgan fingerprint density at radius 1 is 1.00 bits per heavy atom. The molecule has 1 fully saturated rings. The summed E-state index contributed by atoms with van der Waals surface area (Å²) in [5, 5.41) is 0. The van der Waals surface area contributed by atoms with Gasteiger partial charge in [0.05, 0.1) is 18.6 Å². The van der Waals surface area contributed by atoms with Gasteiger partial charge in [0.15, 0.2) is 5.76 Å². The van der Waals surface area contributed by atoms with E-state index in [0.717, 1.165) is 5.56 Å². The smallest absolute Gasteiger partial charge is 0.218 e. The zero-order chi connectivity index (χ0) is 17.0. The minimum Gasteiger partial charge on any atom is -0.461 e. The molecule has 0 bridgehead atoms. The second-order valence-corrected chi connectivity index (χ2v) is 7.79. The van der Waals surface area contributed by atoms with Crippen molar-refractivity contribution in [3.05, 3.63) is 60.1 Å². The number of ketones is 1. The summed E-state index contributed by atoms with van der Waals surface area (Å²) >= 11 is 0. The van der Waals surface area contributed by atoms with Gasteiger partial charge in [0.25, 0.3) is 0 Å². The van der Waals surface area contributed by atoms with Crippen molar-refractivity contribution in [3.8, 4) is 0 Å².